The Kier molecular flexibility index (Phi) is 5.29. The highest BCUT2D eigenvalue weighted by Crippen LogP contribution is 2.22. The lowest BCUT2D eigenvalue weighted by molar-refractivity contribution is -0.138. The van der Waals surface area contributed by atoms with Crippen molar-refractivity contribution in [3.63, 3.8) is 0 Å². The van der Waals surface area contributed by atoms with E-state index in [0.717, 1.165) is 0 Å². The Labute approximate surface area is 123 Å². The monoisotopic (exact) mass is 296 g/mol. The zero-order valence-corrected chi connectivity index (χ0v) is 12.7. The summed E-state index contributed by atoms with van der Waals surface area (Å²) in [5.41, 5.74) is 0.681. The van der Waals surface area contributed by atoms with E-state index >= 15 is 0 Å². The number of rotatable bonds is 4. The largest absolute Gasteiger partial charge is 0.481 e. The minimum Gasteiger partial charge on any atom is -0.481 e. The third-order valence-electron chi connectivity index (χ3n) is 3.17. The molecule has 1 aromatic carbocycles. The molecule has 0 bridgehead atoms. The molecule has 0 fully saturated rings. The van der Waals surface area contributed by atoms with E-state index < -0.39 is 23.5 Å². The molecule has 0 aliphatic rings. The summed E-state index contributed by atoms with van der Waals surface area (Å²) in [5.74, 6) is -1.36. The number of hydrogen-bond donors (Lipinski definition) is 3. The van der Waals surface area contributed by atoms with Crippen molar-refractivity contribution in [3.05, 3.63) is 29.6 Å². The van der Waals surface area contributed by atoms with Gasteiger partial charge in [0.1, 0.15) is 5.82 Å². The number of amides is 2. The Balaban J connectivity index is 2.76. The van der Waals surface area contributed by atoms with Gasteiger partial charge in [-0.25, -0.2) is 9.18 Å². The van der Waals surface area contributed by atoms with Crippen molar-refractivity contribution in [2.75, 3.05) is 5.32 Å². The topological polar surface area (TPSA) is 78.4 Å². The molecule has 2 amide bonds. The van der Waals surface area contributed by atoms with Gasteiger partial charge >= 0.3 is 12.0 Å². The van der Waals surface area contributed by atoms with Crippen LogP contribution in [0.1, 0.15) is 32.8 Å². The van der Waals surface area contributed by atoms with Gasteiger partial charge < -0.3 is 15.7 Å². The molecule has 0 saturated heterocycles. The second-order valence-electron chi connectivity index (χ2n) is 6.07. The second-order valence-corrected chi connectivity index (χ2v) is 6.07. The summed E-state index contributed by atoms with van der Waals surface area (Å²) < 4.78 is 13.0. The lowest BCUT2D eigenvalue weighted by Gasteiger charge is -2.30. The number of carboxylic acids is 1. The van der Waals surface area contributed by atoms with Gasteiger partial charge in [0.15, 0.2) is 0 Å². The Morgan fingerprint density at radius 1 is 1.33 bits per heavy atom. The van der Waals surface area contributed by atoms with E-state index in [0.29, 0.717) is 11.3 Å². The van der Waals surface area contributed by atoms with Crippen molar-refractivity contribution in [1.82, 2.24) is 5.32 Å². The fraction of sp³-hybridized carbons (Fsp3) is 0.467. The van der Waals surface area contributed by atoms with Crippen LogP contribution in [0.4, 0.5) is 14.9 Å². The van der Waals surface area contributed by atoms with Crippen LogP contribution in [-0.2, 0) is 4.79 Å². The summed E-state index contributed by atoms with van der Waals surface area (Å²) in [6.07, 6.45) is -0.167. The number of halogens is 1. The Morgan fingerprint density at radius 2 is 1.95 bits per heavy atom. The van der Waals surface area contributed by atoms with Crippen molar-refractivity contribution in [2.24, 2.45) is 5.41 Å². The van der Waals surface area contributed by atoms with Crippen LogP contribution in [0.2, 0.25) is 0 Å². The highest BCUT2D eigenvalue weighted by molar-refractivity contribution is 5.90. The van der Waals surface area contributed by atoms with Crippen LogP contribution >= 0.6 is 0 Å². The number of urea groups is 1. The number of nitrogens with one attached hydrogen (secondary N) is 2. The van der Waals surface area contributed by atoms with Crippen molar-refractivity contribution in [3.8, 4) is 0 Å². The van der Waals surface area contributed by atoms with Gasteiger partial charge in [0.25, 0.3) is 0 Å². The van der Waals surface area contributed by atoms with Crippen molar-refractivity contribution >= 4 is 17.7 Å². The van der Waals surface area contributed by atoms with Gasteiger partial charge in [-0.3, -0.25) is 4.79 Å². The molecule has 21 heavy (non-hydrogen) atoms. The van der Waals surface area contributed by atoms with Crippen LogP contribution in [0.15, 0.2) is 18.2 Å². The number of carbonyl (C=O) groups is 2. The highest BCUT2D eigenvalue weighted by atomic mass is 19.1. The maximum Gasteiger partial charge on any atom is 0.319 e. The molecule has 0 heterocycles. The molecule has 0 saturated carbocycles. The summed E-state index contributed by atoms with van der Waals surface area (Å²) >= 11 is 0. The average Bonchev–Trinajstić information content (AvgIpc) is 2.30. The Bertz CT molecular complexity index is 538. The molecule has 0 aliphatic heterocycles. The SMILES string of the molecule is Cc1cc(F)ccc1NC(=O)NC(CC(=O)O)C(C)(C)C. The van der Waals surface area contributed by atoms with Crippen LogP contribution in [0.3, 0.4) is 0 Å². The summed E-state index contributed by atoms with van der Waals surface area (Å²) in [5, 5.41) is 14.2. The molecule has 0 spiro atoms. The molecule has 1 rings (SSSR count). The first-order valence-electron chi connectivity index (χ1n) is 6.65. The Hall–Kier alpha value is -2.11. The minimum atomic E-state index is -0.979. The summed E-state index contributed by atoms with van der Waals surface area (Å²) in [6, 6.07) is 3.00. The molecular weight excluding hydrogens is 275 g/mol. The summed E-state index contributed by atoms with van der Waals surface area (Å²) in [4.78, 5) is 22.9. The molecule has 0 aromatic heterocycles. The fourth-order valence-corrected chi connectivity index (χ4v) is 1.83. The number of aryl methyl sites for hydroxylation is 1. The lowest BCUT2D eigenvalue weighted by Crippen LogP contribution is -2.46. The van der Waals surface area contributed by atoms with Gasteiger partial charge in [-0.05, 0) is 36.1 Å². The quantitative estimate of drug-likeness (QED) is 0.798. The summed E-state index contributed by atoms with van der Waals surface area (Å²) in [6.45, 7) is 7.23. The van der Waals surface area contributed by atoms with Gasteiger partial charge in [0.2, 0.25) is 0 Å². The van der Waals surface area contributed by atoms with Gasteiger partial charge in [0.05, 0.1) is 6.42 Å². The van der Waals surface area contributed by atoms with E-state index in [4.69, 9.17) is 5.11 Å². The van der Waals surface area contributed by atoms with Crippen LogP contribution in [0, 0.1) is 18.2 Å². The number of benzene rings is 1. The van der Waals surface area contributed by atoms with E-state index in [1.807, 2.05) is 20.8 Å². The number of hydrogen-bond acceptors (Lipinski definition) is 2. The van der Waals surface area contributed by atoms with Gasteiger partial charge in [-0.1, -0.05) is 20.8 Å². The van der Waals surface area contributed by atoms with Crippen molar-refractivity contribution in [2.45, 2.75) is 40.2 Å². The average molecular weight is 296 g/mol. The van der Waals surface area contributed by atoms with Crippen LogP contribution in [0.25, 0.3) is 0 Å². The normalized spacial score (nSPS) is 12.6. The second kappa shape index (κ2) is 6.56. The standard InChI is InChI=1S/C15H21FN2O3/c1-9-7-10(16)5-6-11(9)17-14(21)18-12(8-13(19)20)15(2,3)4/h5-7,12H,8H2,1-4H3,(H,19,20)(H2,17,18,21). The number of carboxylic acid groups (broad SMARTS) is 1. The maximum atomic E-state index is 13.0. The smallest absolute Gasteiger partial charge is 0.319 e. The molecule has 5 nitrogen and oxygen atoms in total. The molecule has 0 aliphatic carbocycles. The fourth-order valence-electron chi connectivity index (χ4n) is 1.83. The molecule has 3 N–H and O–H groups in total. The molecule has 1 unspecified atom stereocenters. The highest BCUT2D eigenvalue weighted by Gasteiger charge is 2.28. The third kappa shape index (κ3) is 5.41. The third-order valence-corrected chi connectivity index (χ3v) is 3.17. The minimum absolute atomic E-state index is 0.167. The van der Waals surface area contributed by atoms with E-state index in [1.165, 1.54) is 18.2 Å². The molecule has 0 radical (unpaired) electrons. The molecule has 1 aromatic rings. The van der Waals surface area contributed by atoms with E-state index in [9.17, 15) is 14.0 Å². The van der Waals surface area contributed by atoms with Crippen LogP contribution in [-0.4, -0.2) is 23.1 Å². The van der Waals surface area contributed by atoms with Crippen molar-refractivity contribution in [1.29, 1.82) is 0 Å². The van der Waals surface area contributed by atoms with Crippen LogP contribution < -0.4 is 10.6 Å². The Morgan fingerprint density at radius 3 is 2.43 bits per heavy atom. The van der Waals surface area contributed by atoms with Gasteiger partial charge in [-0.15, -0.1) is 0 Å². The zero-order chi connectivity index (χ0) is 16.2. The predicted octanol–water partition coefficient (Wildman–Crippen LogP) is 3.15. The number of anilines is 1. The number of carbonyl (C=O) groups excluding carboxylic acids is 1. The molecule has 1 atom stereocenters. The van der Waals surface area contributed by atoms with Gasteiger partial charge in [0, 0.05) is 11.7 Å². The first-order valence-corrected chi connectivity index (χ1v) is 6.65. The predicted molar refractivity (Wildman–Crippen MR) is 78.8 cm³/mol. The molecule has 6 heteroatoms. The van der Waals surface area contributed by atoms with Crippen LogP contribution in [0.5, 0.6) is 0 Å². The molecule has 116 valence electrons. The van der Waals surface area contributed by atoms with E-state index in [1.54, 1.807) is 6.92 Å². The van der Waals surface area contributed by atoms with E-state index in [2.05, 4.69) is 10.6 Å². The first kappa shape index (κ1) is 16.9. The van der Waals surface area contributed by atoms with Crippen molar-refractivity contribution < 1.29 is 19.1 Å². The maximum absolute atomic E-state index is 13.0. The van der Waals surface area contributed by atoms with Gasteiger partial charge in [-0.2, -0.15) is 0 Å². The summed E-state index contributed by atoms with van der Waals surface area (Å²) in [7, 11) is 0. The molecular formula is C15H21FN2O3. The lowest BCUT2D eigenvalue weighted by atomic mass is 9.85. The van der Waals surface area contributed by atoms with E-state index in [-0.39, 0.29) is 12.2 Å². The zero-order valence-electron chi connectivity index (χ0n) is 12.7. The first-order chi connectivity index (χ1) is 9.59. The number of aliphatic carboxylic acids is 1.